The standard InChI is InChI=1S/C14H22FNO4/c15-13(14(18)19)10-6-7-16(8-10)12(17)9-20-11-4-2-1-3-5-11/h10-11,13H,1-9H2,(H,18,19). The molecule has 0 spiro atoms. The van der Waals surface area contributed by atoms with Gasteiger partial charge >= 0.3 is 5.97 Å². The lowest BCUT2D eigenvalue weighted by molar-refractivity contribution is -0.145. The number of rotatable bonds is 5. The van der Waals surface area contributed by atoms with Crippen LogP contribution in [-0.2, 0) is 14.3 Å². The van der Waals surface area contributed by atoms with Crippen LogP contribution >= 0.6 is 0 Å². The highest BCUT2D eigenvalue weighted by Crippen LogP contribution is 2.23. The largest absolute Gasteiger partial charge is 0.479 e. The highest BCUT2D eigenvalue weighted by molar-refractivity contribution is 5.78. The molecule has 0 bridgehead atoms. The van der Waals surface area contributed by atoms with Crippen molar-refractivity contribution >= 4 is 11.9 Å². The van der Waals surface area contributed by atoms with E-state index in [9.17, 15) is 14.0 Å². The van der Waals surface area contributed by atoms with E-state index in [1.807, 2.05) is 0 Å². The minimum atomic E-state index is -1.88. The topological polar surface area (TPSA) is 66.8 Å². The summed E-state index contributed by atoms with van der Waals surface area (Å²) in [5.74, 6) is -2.19. The van der Waals surface area contributed by atoms with E-state index in [2.05, 4.69) is 0 Å². The Morgan fingerprint density at radius 1 is 1.25 bits per heavy atom. The molecule has 1 aliphatic carbocycles. The number of carboxylic acids is 1. The van der Waals surface area contributed by atoms with Gasteiger partial charge in [0.15, 0.2) is 0 Å². The third-order valence-electron chi connectivity index (χ3n) is 4.22. The maximum atomic E-state index is 13.4. The molecule has 1 N–H and O–H groups in total. The first-order chi connectivity index (χ1) is 9.58. The van der Waals surface area contributed by atoms with Crippen LogP contribution in [0.25, 0.3) is 0 Å². The fraction of sp³-hybridized carbons (Fsp3) is 0.857. The number of alkyl halides is 1. The third kappa shape index (κ3) is 3.91. The van der Waals surface area contributed by atoms with Gasteiger partial charge in [0.25, 0.3) is 0 Å². The van der Waals surface area contributed by atoms with Gasteiger partial charge in [-0.05, 0) is 19.3 Å². The first-order valence-corrected chi connectivity index (χ1v) is 7.34. The maximum absolute atomic E-state index is 13.4. The number of aliphatic carboxylic acids is 1. The molecule has 2 aliphatic rings. The van der Waals surface area contributed by atoms with E-state index in [0.717, 1.165) is 25.7 Å². The number of hydrogen-bond donors (Lipinski definition) is 1. The van der Waals surface area contributed by atoms with Gasteiger partial charge in [0.2, 0.25) is 12.1 Å². The number of nitrogens with zero attached hydrogens (tertiary/aromatic N) is 1. The molecule has 0 radical (unpaired) electrons. The second-order valence-corrected chi connectivity index (χ2v) is 5.70. The van der Waals surface area contributed by atoms with Crippen molar-refractivity contribution < 1.29 is 23.8 Å². The number of hydrogen-bond acceptors (Lipinski definition) is 3. The second kappa shape index (κ2) is 7.02. The molecule has 1 heterocycles. The van der Waals surface area contributed by atoms with Gasteiger partial charge in [-0.2, -0.15) is 0 Å². The SMILES string of the molecule is O=C(O)C(F)C1CCN(C(=O)COC2CCCCC2)C1. The molecule has 0 aromatic carbocycles. The van der Waals surface area contributed by atoms with Crippen molar-refractivity contribution in [3.05, 3.63) is 0 Å². The number of likely N-dealkylation sites (tertiary alicyclic amines) is 1. The smallest absolute Gasteiger partial charge is 0.338 e. The van der Waals surface area contributed by atoms with Crippen LogP contribution in [0.3, 0.4) is 0 Å². The normalized spacial score (nSPS) is 25.6. The van der Waals surface area contributed by atoms with Gasteiger partial charge in [-0.25, -0.2) is 9.18 Å². The average molecular weight is 287 g/mol. The van der Waals surface area contributed by atoms with E-state index >= 15 is 0 Å². The monoisotopic (exact) mass is 287 g/mol. The van der Waals surface area contributed by atoms with Crippen molar-refractivity contribution in [3.8, 4) is 0 Å². The predicted molar refractivity (Wildman–Crippen MR) is 70.0 cm³/mol. The number of carbonyl (C=O) groups excluding carboxylic acids is 1. The molecule has 5 nitrogen and oxygen atoms in total. The van der Waals surface area contributed by atoms with Crippen molar-refractivity contribution in [2.45, 2.75) is 50.8 Å². The van der Waals surface area contributed by atoms with Crippen molar-refractivity contribution in [1.29, 1.82) is 0 Å². The molecule has 20 heavy (non-hydrogen) atoms. The molecule has 2 atom stereocenters. The van der Waals surface area contributed by atoms with Gasteiger partial charge in [0.1, 0.15) is 6.61 Å². The molecule has 114 valence electrons. The summed E-state index contributed by atoms with van der Waals surface area (Å²) in [5, 5.41) is 8.64. The summed E-state index contributed by atoms with van der Waals surface area (Å²) in [6, 6.07) is 0. The van der Waals surface area contributed by atoms with Crippen LogP contribution in [0.5, 0.6) is 0 Å². The lowest BCUT2D eigenvalue weighted by Crippen LogP contribution is -2.35. The van der Waals surface area contributed by atoms with Crippen LogP contribution in [0.1, 0.15) is 38.5 Å². The summed E-state index contributed by atoms with van der Waals surface area (Å²) in [4.78, 5) is 24.1. The summed E-state index contributed by atoms with van der Waals surface area (Å²) >= 11 is 0. The zero-order chi connectivity index (χ0) is 14.5. The van der Waals surface area contributed by atoms with Crippen LogP contribution in [0.2, 0.25) is 0 Å². The molecular weight excluding hydrogens is 265 g/mol. The van der Waals surface area contributed by atoms with Crippen molar-refractivity contribution in [1.82, 2.24) is 4.90 Å². The minimum Gasteiger partial charge on any atom is -0.479 e. The van der Waals surface area contributed by atoms with Crippen molar-refractivity contribution in [2.24, 2.45) is 5.92 Å². The quantitative estimate of drug-likeness (QED) is 0.834. The molecule has 1 amide bonds. The Balaban J connectivity index is 1.72. The fourth-order valence-electron chi connectivity index (χ4n) is 2.97. The molecule has 0 aromatic rings. The first kappa shape index (κ1) is 15.2. The number of carboxylic acid groups (broad SMARTS) is 1. The molecule has 2 rings (SSSR count). The zero-order valence-corrected chi connectivity index (χ0v) is 11.6. The summed E-state index contributed by atoms with van der Waals surface area (Å²) in [6.07, 6.45) is 4.21. The van der Waals surface area contributed by atoms with E-state index in [-0.39, 0.29) is 25.2 Å². The van der Waals surface area contributed by atoms with Crippen molar-refractivity contribution in [2.75, 3.05) is 19.7 Å². The van der Waals surface area contributed by atoms with Crippen LogP contribution in [0.15, 0.2) is 0 Å². The maximum Gasteiger partial charge on any atom is 0.338 e. The van der Waals surface area contributed by atoms with Crippen LogP contribution < -0.4 is 0 Å². The Morgan fingerprint density at radius 2 is 1.95 bits per heavy atom. The molecule has 1 saturated heterocycles. The Labute approximate surface area is 118 Å². The fourth-order valence-corrected chi connectivity index (χ4v) is 2.97. The number of ether oxygens (including phenoxy) is 1. The first-order valence-electron chi connectivity index (χ1n) is 7.34. The van der Waals surface area contributed by atoms with Gasteiger partial charge in [-0.3, -0.25) is 4.79 Å². The van der Waals surface area contributed by atoms with E-state index in [0.29, 0.717) is 13.0 Å². The van der Waals surface area contributed by atoms with Crippen LogP contribution in [0, 0.1) is 5.92 Å². The van der Waals surface area contributed by atoms with Gasteiger partial charge in [-0.15, -0.1) is 0 Å². The summed E-state index contributed by atoms with van der Waals surface area (Å²) in [7, 11) is 0. The van der Waals surface area contributed by atoms with E-state index < -0.39 is 18.1 Å². The van der Waals surface area contributed by atoms with E-state index in [4.69, 9.17) is 9.84 Å². The van der Waals surface area contributed by atoms with Gasteiger partial charge in [-0.1, -0.05) is 19.3 Å². The molecular formula is C14H22FNO4. The minimum absolute atomic E-state index is 0.0292. The molecule has 2 unspecified atom stereocenters. The van der Waals surface area contributed by atoms with E-state index in [1.165, 1.54) is 11.3 Å². The van der Waals surface area contributed by atoms with Crippen LogP contribution in [-0.4, -0.2) is 53.9 Å². The Bertz CT molecular complexity index is 357. The molecule has 0 aromatic heterocycles. The third-order valence-corrected chi connectivity index (χ3v) is 4.22. The molecule has 1 saturated carbocycles. The number of amides is 1. The molecule has 6 heteroatoms. The lowest BCUT2D eigenvalue weighted by atomic mass is 9.98. The predicted octanol–water partition coefficient (Wildman–Crippen LogP) is 1.61. The highest BCUT2D eigenvalue weighted by Gasteiger charge is 2.35. The summed E-state index contributed by atoms with van der Waals surface area (Å²) < 4.78 is 19.0. The molecule has 2 fully saturated rings. The molecule has 1 aliphatic heterocycles. The van der Waals surface area contributed by atoms with Gasteiger partial charge in [0.05, 0.1) is 6.10 Å². The Kier molecular flexibility index (Phi) is 5.34. The number of halogens is 1. The number of carbonyl (C=O) groups is 2. The van der Waals surface area contributed by atoms with Crippen molar-refractivity contribution in [3.63, 3.8) is 0 Å². The average Bonchev–Trinajstić information content (AvgIpc) is 2.94. The lowest BCUT2D eigenvalue weighted by Gasteiger charge is -2.23. The highest BCUT2D eigenvalue weighted by atomic mass is 19.1. The zero-order valence-electron chi connectivity index (χ0n) is 11.6. The Hall–Kier alpha value is -1.17. The summed E-state index contributed by atoms with van der Waals surface area (Å²) in [6.45, 7) is 0.632. The van der Waals surface area contributed by atoms with Gasteiger partial charge in [0, 0.05) is 19.0 Å². The summed E-state index contributed by atoms with van der Waals surface area (Å²) in [5.41, 5.74) is 0. The van der Waals surface area contributed by atoms with Crippen LogP contribution in [0.4, 0.5) is 4.39 Å². The Morgan fingerprint density at radius 3 is 2.60 bits per heavy atom. The van der Waals surface area contributed by atoms with E-state index in [1.54, 1.807) is 0 Å². The van der Waals surface area contributed by atoms with Gasteiger partial charge < -0.3 is 14.7 Å². The second-order valence-electron chi connectivity index (χ2n) is 5.70.